The van der Waals surface area contributed by atoms with E-state index in [1.165, 1.54) is 0 Å². The van der Waals surface area contributed by atoms with E-state index in [2.05, 4.69) is 154 Å². The summed E-state index contributed by atoms with van der Waals surface area (Å²) in [7, 11) is 0. The number of fused-ring (bicyclic) bond motifs is 6. The first-order chi connectivity index (χ1) is 23.7. The second kappa shape index (κ2) is 10.9. The third-order valence-corrected chi connectivity index (χ3v) is 9.37. The second-order valence-corrected chi connectivity index (χ2v) is 12.0. The van der Waals surface area contributed by atoms with Crippen molar-refractivity contribution in [1.82, 2.24) is 9.13 Å². The molecule has 9 rings (SSSR count). The van der Waals surface area contributed by atoms with Gasteiger partial charge in [0.25, 0.3) is 0 Å². The number of nitrogens with zero attached hydrogens (tertiary/aromatic N) is 4. The number of hydrogen-bond donors (Lipinski definition) is 0. The largest absolute Gasteiger partial charge is 0.308 e. The summed E-state index contributed by atoms with van der Waals surface area (Å²) in [5.41, 5.74) is 11.1. The lowest BCUT2D eigenvalue weighted by Crippen LogP contribution is -2.04. The van der Waals surface area contributed by atoms with Crippen LogP contribution in [0, 0.1) is 17.9 Å². The van der Waals surface area contributed by atoms with Crippen molar-refractivity contribution in [3.05, 3.63) is 175 Å². The predicted octanol–water partition coefficient (Wildman–Crippen LogP) is 11.6. The Morgan fingerprint density at radius 3 is 1.35 bits per heavy atom. The number of para-hydroxylation sites is 2. The van der Waals surface area contributed by atoms with E-state index in [4.69, 9.17) is 6.57 Å². The highest BCUT2D eigenvalue weighted by Gasteiger charge is 2.22. The van der Waals surface area contributed by atoms with Gasteiger partial charge in [-0.1, -0.05) is 109 Å². The summed E-state index contributed by atoms with van der Waals surface area (Å²) in [4.78, 5) is 3.82. The Balaban J connectivity index is 1.39. The summed E-state index contributed by atoms with van der Waals surface area (Å²) in [6.07, 6.45) is 0. The van der Waals surface area contributed by atoms with Gasteiger partial charge >= 0.3 is 0 Å². The lowest BCUT2D eigenvalue weighted by molar-refractivity contribution is 1.09. The third kappa shape index (κ3) is 4.14. The molecule has 0 radical (unpaired) electrons. The van der Waals surface area contributed by atoms with E-state index in [1.807, 2.05) is 24.3 Å². The van der Waals surface area contributed by atoms with Crippen LogP contribution >= 0.6 is 0 Å². The number of aromatic nitrogens is 2. The summed E-state index contributed by atoms with van der Waals surface area (Å²) in [5, 5.41) is 14.8. The number of hydrogen-bond acceptors (Lipinski definition) is 1. The summed E-state index contributed by atoms with van der Waals surface area (Å²) in [6.45, 7) is 8.03. The maximum atomic E-state index is 10.3. The van der Waals surface area contributed by atoms with Crippen molar-refractivity contribution in [3.63, 3.8) is 0 Å². The third-order valence-electron chi connectivity index (χ3n) is 9.37. The molecule has 48 heavy (non-hydrogen) atoms. The first-order valence-electron chi connectivity index (χ1n) is 15.9. The molecule has 9 aromatic rings. The second-order valence-electron chi connectivity index (χ2n) is 12.0. The van der Waals surface area contributed by atoms with Gasteiger partial charge in [-0.3, -0.25) is 0 Å². The maximum absolute atomic E-state index is 10.3. The molecule has 0 amide bonds. The van der Waals surface area contributed by atoms with Gasteiger partial charge in [-0.2, -0.15) is 5.26 Å². The van der Waals surface area contributed by atoms with Crippen molar-refractivity contribution in [2.45, 2.75) is 0 Å². The van der Waals surface area contributed by atoms with E-state index in [-0.39, 0.29) is 0 Å². The van der Waals surface area contributed by atoms with E-state index in [0.717, 1.165) is 77.2 Å². The predicted molar refractivity (Wildman–Crippen MR) is 197 cm³/mol. The molecule has 0 saturated heterocycles. The Bertz CT molecular complexity index is 2590. The van der Waals surface area contributed by atoms with Crippen molar-refractivity contribution in [3.8, 4) is 39.7 Å². The summed E-state index contributed by atoms with van der Waals surface area (Å²) >= 11 is 0. The van der Waals surface area contributed by atoms with Crippen LogP contribution < -0.4 is 0 Å². The Morgan fingerprint density at radius 2 is 0.875 bits per heavy atom. The van der Waals surface area contributed by atoms with Gasteiger partial charge in [-0.05, 0) is 70.8 Å². The Labute approximate surface area is 277 Å². The Kier molecular flexibility index (Phi) is 6.22. The molecule has 0 spiro atoms. The average molecular weight is 611 g/mol. The van der Waals surface area contributed by atoms with Crippen molar-refractivity contribution in [1.29, 1.82) is 5.26 Å². The van der Waals surface area contributed by atoms with Crippen LogP contribution in [0.2, 0.25) is 0 Å². The van der Waals surface area contributed by atoms with E-state index in [1.54, 1.807) is 0 Å². The standard InChI is InChI=1S/C44H26N4/c1-46-38-27-44(48-40-19-11-9-17-35(40)37-25-32(21-23-42(37)48)30-14-6-3-7-15-30)43(26-33(38)28-45)47-39-18-10-8-16-34(39)36-24-31(20-22-41(36)47)29-12-4-2-5-13-29/h2-27H. The normalized spacial score (nSPS) is 11.3. The highest BCUT2D eigenvalue weighted by molar-refractivity contribution is 6.13. The monoisotopic (exact) mass is 610 g/mol. The molecule has 4 heteroatoms. The summed E-state index contributed by atoms with van der Waals surface area (Å²) in [5.74, 6) is 0. The van der Waals surface area contributed by atoms with Crippen molar-refractivity contribution in [2.24, 2.45) is 0 Å². The lowest BCUT2D eigenvalue weighted by atomic mass is 10.0. The minimum Gasteiger partial charge on any atom is -0.308 e. The van der Waals surface area contributed by atoms with E-state index in [9.17, 15) is 5.26 Å². The average Bonchev–Trinajstić information content (AvgIpc) is 3.67. The molecule has 4 nitrogen and oxygen atoms in total. The smallest absolute Gasteiger partial charge is 0.206 e. The van der Waals surface area contributed by atoms with Crippen LogP contribution in [0.3, 0.4) is 0 Å². The zero-order valence-corrected chi connectivity index (χ0v) is 25.8. The van der Waals surface area contributed by atoms with Crippen LogP contribution in [0.25, 0.3) is 82.1 Å². The molecule has 2 heterocycles. The summed E-state index contributed by atoms with van der Waals surface area (Å²) < 4.78 is 4.51. The van der Waals surface area contributed by atoms with Crippen LogP contribution in [-0.2, 0) is 0 Å². The first-order valence-corrected chi connectivity index (χ1v) is 15.9. The molecular formula is C44H26N4. The van der Waals surface area contributed by atoms with Crippen LogP contribution in [0.4, 0.5) is 5.69 Å². The Hall–Kier alpha value is -6.88. The number of benzene rings is 7. The van der Waals surface area contributed by atoms with Crippen LogP contribution in [-0.4, -0.2) is 9.13 Å². The highest BCUT2D eigenvalue weighted by Crippen LogP contribution is 2.42. The highest BCUT2D eigenvalue weighted by atomic mass is 15.1. The fourth-order valence-corrected chi connectivity index (χ4v) is 7.19. The zero-order chi connectivity index (χ0) is 32.2. The van der Waals surface area contributed by atoms with E-state index in [0.29, 0.717) is 11.3 Å². The van der Waals surface area contributed by atoms with Gasteiger partial charge in [0.15, 0.2) is 0 Å². The molecule has 0 aliphatic heterocycles. The van der Waals surface area contributed by atoms with Gasteiger partial charge in [0, 0.05) is 21.5 Å². The molecule has 0 saturated carbocycles. The lowest BCUT2D eigenvalue weighted by Gasteiger charge is -2.18. The molecular weight excluding hydrogens is 585 g/mol. The molecule has 0 bridgehead atoms. The first kappa shape index (κ1) is 27.4. The quantitative estimate of drug-likeness (QED) is 0.183. The van der Waals surface area contributed by atoms with Crippen LogP contribution in [0.1, 0.15) is 5.56 Å². The molecule has 2 aromatic heterocycles. The van der Waals surface area contributed by atoms with Gasteiger partial charge in [0.05, 0.1) is 51.6 Å². The molecule has 0 aliphatic carbocycles. The Morgan fingerprint density at radius 1 is 0.438 bits per heavy atom. The van der Waals surface area contributed by atoms with E-state index < -0.39 is 0 Å². The number of rotatable bonds is 4. The maximum Gasteiger partial charge on any atom is 0.206 e. The summed E-state index contributed by atoms with van der Waals surface area (Å²) in [6, 6.07) is 57.0. The van der Waals surface area contributed by atoms with Gasteiger partial charge in [-0.25, -0.2) is 4.85 Å². The minimum atomic E-state index is 0.329. The van der Waals surface area contributed by atoms with Crippen molar-refractivity contribution < 1.29 is 0 Å². The fraction of sp³-hybridized carbons (Fsp3) is 0. The minimum absolute atomic E-state index is 0.329. The zero-order valence-electron chi connectivity index (χ0n) is 25.8. The van der Waals surface area contributed by atoms with Gasteiger partial charge in [0.2, 0.25) is 5.69 Å². The molecule has 222 valence electrons. The van der Waals surface area contributed by atoms with Crippen molar-refractivity contribution >= 4 is 49.3 Å². The molecule has 0 N–H and O–H groups in total. The topological polar surface area (TPSA) is 38.0 Å². The molecule has 0 fully saturated rings. The van der Waals surface area contributed by atoms with Crippen LogP contribution in [0.15, 0.2) is 158 Å². The van der Waals surface area contributed by atoms with Crippen molar-refractivity contribution in [2.75, 3.05) is 0 Å². The van der Waals surface area contributed by atoms with Gasteiger partial charge < -0.3 is 9.13 Å². The fourth-order valence-electron chi connectivity index (χ4n) is 7.19. The van der Waals surface area contributed by atoms with Gasteiger partial charge in [0.1, 0.15) is 0 Å². The van der Waals surface area contributed by atoms with Gasteiger partial charge in [-0.15, -0.1) is 0 Å². The molecule has 0 aliphatic rings. The SMILES string of the molecule is [C-]#[N+]c1cc(-n2c3ccccc3c3cc(-c4ccccc4)ccc32)c(-n2c3ccccc3c3cc(-c4ccccc4)ccc32)cc1C#N. The molecule has 7 aromatic carbocycles. The molecule has 0 atom stereocenters. The van der Waals surface area contributed by atoms with E-state index >= 15 is 0 Å². The number of nitriles is 1. The van der Waals surface area contributed by atoms with Crippen LogP contribution in [0.5, 0.6) is 0 Å². The molecule has 0 unspecified atom stereocenters.